The molecule has 0 unspecified atom stereocenters. The molecule has 96 valence electrons. The van der Waals surface area contributed by atoms with Gasteiger partial charge in [-0.1, -0.05) is 60.7 Å². The lowest BCUT2D eigenvalue weighted by molar-refractivity contribution is -0.131. The molecule has 0 aromatic heterocycles. The van der Waals surface area contributed by atoms with E-state index in [9.17, 15) is 9.70 Å². The zero-order valence-corrected chi connectivity index (χ0v) is 10.4. The van der Waals surface area contributed by atoms with Crippen LogP contribution >= 0.6 is 0 Å². The molecule has 2 aromatic rings. The highest BCUT2D eigenvalue weighted by Crippen LogP contribution is 2.08. The molecule has 2 rings (SSSR count). The van der Waals surface area contributed by atoms with E-state index in [0.717, 1.165) is 16.1 Å². The first-order valence-electron chi connectivity index (χ1n) is 6.01. The fraction of sp³-hybridized carbons (Fsp3) is 0.133. The topological polar surface area (TPSA) is 49.7 Å². The lowest BCUT2D eigenvalue weighted by Gasteiger charge is -2.13. The number of nitroso groups, excluding NO2 is 1. The molecule has 19 heavy (non-hydrogen) atoms. The number of carbonyl (C=O) groups excluding carboxylic acids is 1. The molecule has 0 aliphatic rings. The maximum atomic E-state index is 12.0. The third kappa shape index (κ3) is 3.74. The third-order valence-electron chi connectivity index (χ3n) is 2.76. The molecule has 4 nitrogen and oxygen atoms in total. The Labute approximate surface area is 111 Å². The SMILES string of the molecule is O=NN(Cc1ccccc1)C(=O)Cc1ccccc1. The van der Waals surface area contributed by atoms with Gasteiger partial charge in [0.05, 0.1) is 18.3 Å². The van der Waals surface area contributed by atoms with E-state index in [-0.39, 0.29) is 18.9 Å². The molecule has 0 spiro atoms. The molecule has 0 atom stereocenters. The van der Waals surface area contributed by atoms with Crippen LogP contribution in [-0.4, -0.2) is 10.9 Å². The minimum absolute atomic E-state index is 0.180. The summed E-state index contributed by atoms with van der Waals surface area (Å²) in [6.07, 6.45) is 0.180. The van der Waals surface area contributed by atoms with Crippen LogP contribution in [-0.2, 0) is 17.8 Å². The van der Waals surface area contributed by atoms with Gasteiger partial charge in [-0.3, -0.25) is 4.79 Å². The Hall–Kier alpha value is -2.49. The second kappa shape index (κ2) is 6.44. The average Bonchev–Trinajstić information content (AvgIpc) is 2.47. The van der Waals surface area contributed by atoms with Gasteiger partial charge in [-0.15, -0.1) is 4.91 Å². The minimum atomic E-state index is -0.301. The maximum absolute atomic E-state index is 12.0. The Morgan fingerprint density at radius 3 is 1.95 bits per heavy atom. The third-order valence-corrected chi connectivity index (χ3v) is 2.76. The average molecular weight is 254 g/mol. The maximum Gasteiger partial charge on any atom is 0.249 e. The van der Waals surface area contributed by atoms with Crippen molar-refractivity contribution >= 4 is 5.91 Å². The van der Waals surface area contributed by atoms with Gasteiger partial charge in [0.25, 0.3) is 0 Å². The molecule has 1 amide bonds. The minimum Gasteiger partial charge on any atom is -0.272 e. The fourth-order valence-electron chi connectivity index (χ4n) is 1.78. The van der Waals surface area contributed by atoms with Gasteiger partial charge in [-0.05, 0) is 11.1 Å². The van der Waals surface area contributed by atoms with Crippen molar-refractivity contribution in [3.63, 3.8) is 0 Å². The number of carbonyl (C=O) groups is 1. The van der Waals surface area contributed by atoms with Gasteiger partial charge in [0.15, 0.2) is 0 Å². The molecule has 0 saturated carbocycles. The van der Waals surface area contributed by atoms with Gasteiger partial charge < -0.3 is 0 Å². The monoisotopic (exact) mass is 254 g/mol. The first-order chi connectivity index (χ1) is 9.29. The van der Waals surface area contributed by atoms with Crippen LogP contribution < -0.4 is 0 Å². The molecule has 0 aliphatic carbocycles. The Balaban J connectivity index is 2.02. The van der Waals surface area contributed by atoms with Crippen molar-refractivity contribution in [1.29, 1.82) is 0 Å². The normalized spacial score (nSPS) is 9.89. The largest absolute Gasteiger partial charge is 0.272 e. The summed E-state index contributed by atoms with van der Waals surface area (Å²) in [7, 11) is 0. The van der Waals surface area contributed by atoms with Gasteiger partial charge in [-0.25, -0.2) is 0 Å². The molecule has 0 aliphatic heterocycles. The van der Waals surface area contributed by atoms with Gasteiger partial charge in [0.1, 0.15) is 0 Å². The van der Waals surface area contributed by atoms with Gasteiger partial charge >= 0.3 is 0 Å². The van der Waals surface area contributed by atoms with Crippen molar-refractivity contribution in [2.24, 2.45) is 5.29 Å². The Kier molecular flexibility index (Phi) is 4.39. The highest BCUT2D eigenvalue weighted by Gasteiger charge is 2.14. The summed E-state index contributed by atoms with van der Waals surface area (Å²) in [4.78, 5) is 22.8. The van der Waals surface area contributed by atoms with Crippen molar-refractivity contribution < 1.29 is 4.79 Å². The number of amides is 1. The van der Waals surface area contributed by atoms with Crippen LogP contribution in [0.3, 0.4) is 0 Å². The van der Waals surface area contributed by atoms with E-state index in [1.165, 1.54) is 0 Å². The van der Waals surface area contributed by atoms with E-state index in [1.54, 1.807) is 0 Å². The summed E-state index contributed by atoms with van der Waals surface area (Å²) in [6, 6.07) is 18.6. The van der Waals surface area contributed by atoms with E-state index >= 15 is 0 Å². The smallest absolute Gasteiger partial charge is 0.249 e. The summed E-state index contributed by atoms with van der Waals surface area (Å²) in [6.45, 7) is 0.204. The van der Waals surface area contributed by atoms with Crippen molar-refractivity contribution in [3.8, 4) is 0 Å². The van der Waals surface area contributed by atoms with E-state index in [4.69, 9.17) is 0 Å². The van der Waals surface area contributed by atoms with E-state index in [1.807, 2.05) is 60.7 Å². The number of rotatable bonds is 5. The molecule has 0 radical (unpaired) electrons. The van der Waals surface area contributed by atoms with Crippen LogP contribution in [0.2, 0.25) is 0 Å². The predicted molar refractivity (Wildman–Crippen MR) is 72.9 cm³/mol. The van der Waals surface area contributed by atoms with Crippen LogP contribution in [0, 0.1) is 4.91 Å². The molecule has 2 aromatic carbocycles. The van der Waals surface area contributed by atoms with Gasteiger partial charge in [-0.2, -0.15) is 5.01 Å². The molecule has 0 bridgehead atoms. The molecule has 0 N–H and O–H groups in total. The van der Waals surface area contributed by atoms with Crippen LogP contribution in [0.4, 0.5) is 0 Å². The first kappa shape index (κ1) is 13.0. The van der Waals surface area contributed by atoms with Crippen molar-refractivity contribution in [1.82, 2.24) is 5.01 Å². The van der Waals surface area contributed by atoms with Crippen molar-refractivity contribution in [3.05, 3.63) is 76.7 Å². The highest BCUT2D eigenvalue weighted by atomic mass is 16.3. The van der Waals surface area contributed by atoms with Crippen molar-refractivity contribution in [2.75, 3.05) is 0 Å². The number of hydrogen-bond acceptors (Lipinski definition) is 3. The van der Waals surface area contributed by atoms with Crippen LogP contribution in [0.15, 0.2) is 65.9 Å². The summed E-state index contributed by atoms with van der Waals surface area (Å²) >= 11 is 0. The van der Waals surface area contributed by atoms with E-state index < -0.39 is 0 Å². The lowest BCUT2D eigenvalue weighted by Crippen LogP contribution is -2.26. The second-order valence-corrected chi connectivity index (χ2v) is 4.18. The molecule has 0 saturated heterocycles. The van der Waals surface area contributed by atoms with Crippen LogP contribution in [0.5, 0.6) is 0 Å². The summed E-state index contributed by atoms with van der Waals surface area (Å²) in [5.74, 6) is -0.301. The molecular formula is C15H14N2O2. The standard InChI is InChI=1S/C15H14N2O2/c18-15(11-13-7-3-1-4-8-13)17(16-19)12-14-9-5-2-6-10-14/h1-10H,11-12H2. The Morgan fingerprint density at radius 1 is 0.895 bits per heavy atom. The number of benzene rings is 2. The molecular weight excluding hydrogens is 240 g/mol. The van der Waals surface area contributed by atoms with Gasteiger partial charge in [0.2, 0.25) is 5.91 Å². The molecule has 0 heterocycles. The van der Waals surface area contributed by atoms with Crippen LogP contribution in [0.25, 0.3) is 0 Å². The number of nitrogens with zero attached hydrogens (tertiary/aromatic N) is 2. The zero-order valence-electron chi connectivity index (χ0n) is 10.4. The second-order valence-electron chi connectivity index (χ2n) is 4.18. The quantitative estimate of drug-likeness (QED) is 0.608. The fourth-order valence-corrected chi connectivity index (χ4v) is 1.78. The van der Waals surface area contributed by atoms with E-state index in [0.29, 0.717) is 0 Å². The molecule has 4 heteroatoms. The highest BCUT2D eigenvalue weighted by molar-refractivity contribution is 5.78. The lowest BCUT2D eigenvalue weighted by atomic mass is 10.1. The Morgan fingerprint density at radius 2 is 1.42 bits per heavy atom. The van der Waals surface area contributed by atoms with Gasteiger partial charge in [0, 0.05) is 0 Å². The zero-order chi connectivity index (χ0) is 13.5. The number of hydrogen-bond donors (Lipinski definition) is 0. The predicted octanol–water partition coefficient (Wildman–Crippen LogP) is 2.94. The Bertz CT molecular complexity index is 541. The first-order valence-corrected chi connectivity index (χ1v) is 6.01. The van der Waals surface area contributed by atoms with E-state index in [2.05, 4.69) is 5.29 Å². The summed E-state index contributed by atoms with van der Waals surface area (Å²) < 4.78 is 0. The van der Waals surface area contributed by atoms with Crippen LogP contribution in [0.1, 0.15) is 11.1 Å². The van der Waals surface area contributed by atoms with Crippen molar-refractivity contribution in [2.45, 2.75) is 13.0 Å². The summed E-state index contributed by atoms with van der Waals surface area (Å²) in [5.41, 5.74) is 1.75. The molecule has 0 fully saturated rings. The summed E-state index contributed by atoms with van der Waals surface area (Å²) in [5, 5.41) is 3.77.